The van der Waals surface area contributed by atoms with Gasteiger partial charge in [0.15, 0.2) is 0 Å². The van der Waals surface area contributed by atoms with Gasteiger partial charge in [0.2, 0.25) is 11.1 Å². The van der Waals surface area contributed by atoms with Crippen LogP contribution in [-0.2, 0) is 4.79 Å². The molecule has 0 spiro atoms. The van der Waals surface area contributed by atoms with Crippen LogP contribution >= 0.6 is 11.8 Å². The van der Waals surface area contributed by atoms with Crippen LogP contribution in [0.25, 0.3) is 0 Å². The van der Waals surface area contributed by atoms with Crippen LogP contribution in [-0.4, -0.2) is 39.9 Å². The number of benzene rings is 2. The predicted molar refractivity (Wildman–Crippen MR) is 120 cm³/mol. The van der Waals surface area contributed by atoms with Crippen molar-refractivity contribution in [3.05, 3.63) is 59.2 Å². The molecule has 9 nitrogen and oxygen atoms in total. The molecule has 0 unspecified atom stereocenters. The number of nitrogens with two attached hydrogens (primary N) is 1. The summed E-state index contributed by atoms with van der Waals surface area (Å²) >= 11 is 1.18. The van der Waals surface area contributed by atoms with Crippen LogP contribution in [0.1, 0.15) is 16.7 Å². The molecule has 10 heteroatoms. The van der Waals surface area contributed by atoms with E-state index in [-0.39, 0.29) is 17.6 Å². The van der Waals surface area contributed by atoms with Gasteiger partial charge < -0.3 is 15.9 Å². The molecule has 0 saturated heterocycles. The molecule has 0 aliphatic rings. The molecular weight excluding hydrogens is 402 g/mol. The lowest BCUT2D eigenvalue weighted by molar-refractivity contribution is -0.113. The monoisotopic (exact) mass is 425 g/mol. The summed E-state index contributed by atoms with van der Waals surface area (Å²) in [7, 11) is 1.60. The van der Waals surface area contributed by atoms with Gasteiger partial charge in [0, 0.05) is 5.69 Å². The van der Waals surface area contributed by atoms with Crippen molar-refractivity contribution in [3.8, 4) is 5.75 Å². The Kier molecular flexibility index (Phi) is 6.91. The highest BCUT2D eigenvalue weighted by atomic mass is 32.2. The molecule has 3 aromatic rings. The van der Waals surface area contributed by atoms with E-state index in [0.29, 0.717) is 5.16 Å². The van der Waals surface area contributed by atoms with Crippen molar-refractivity contribution in [3.63, 3.8) is 0 Å². The number of nitrogen functional groups attached to an aromatic ring is 1. The number of hydrogen-bond donors (Lipinski definition) is 3. The van der Waals surface area contributed by atoms with Gasteiger partial charge in [-0.1, -0.05) is 41.6 Å². The molecule has 0 radical (unpaired) electrons. The number of aromatic nitrogens is 3. The maximum atomic E-state index is 12.2. The van der Waals surface area contributed by atoms with Crippen LogP contribution in [0, 0.1) is 13.8 Å². The zero-order chi connectivity index (χ0) is 21.5. The topological polar surface area (TPSA) is 119 Å². The first-order valence-corrected chi connectivity index (χ1v) is 10.1. The van der Waals surface area contributed by atoms with Crippen molar-refractivity contribution in [2.75, 3.05) is 29.4 Å². The molecule has 30 heavy (non-hydrogen) atoms. The number of carbonyl (C=O) groups excluding carboxylic acids is 1. The van der Waals surface area contributed by atoms with Crippen LogP contribution in [0.3, 0.4) is 0 Å². The van der Waals surface area contributed by atoms with Crippen molar-refractivity contribution >= 4 is 35.5 Å². The number of carbonyl (C=O) groups is 1. The van der Waals surface area contributed by atoms with E-state index >= 15 is 0 Å². The number of methoxy groups -OCH3 is 1. The van der Waals surface area contributed by atoms with E-state index in [1.807, 2.05) is 56.3 Å². The Labute approximate surface area is 178 Å². The number of hydrazone groups is 1. The molecule has 2 aromatic carbocycles. The molecule has 0 saturated carbocycles. The molecule has 0 aliphatic carbocycles. The van der Waals surface area contributed by atoms with E-state index in [4.69, 9.17) is 10.6 Å². The van der Waals surface area contributed by atoms with Crippen LogP contribution in [0.5, 0.6) is 5.75 Å². The van der Waals surface area contributed by atoms with Crippen LogP contribution < -0.4 is 21.3 Å². The average Bonchev–Trinajstić information content (AvgIpc) is 3.08. The number of thioether (sulfide) groups is 1. The molecule has 0 aliphatic heterocycles. The number of hydrogen-bond acceptors (Lipinski definition) is 8. The Hall–Kier alpha value is -3.53. The van der Waals surface area contributed by atoms with Crippen LogP contribution in [0.4, 0.5) is 11.6 Å². The van der Waals surface area contributed by atoms with Crippen molar-refractivity contribution in [2.24, 2.45) is 5.10 Å². The molecule has 3 rings (SSSR count). The fourth-order valence-corrected chi connectivity index (χ4v) is 3.26. The number of ether oxygens (including phenoxy) is 1. The highest BCUT2D eigenvalue weighted by Gasteiger charge is 2.12. The van der Waals surface area contributed by atoms with Gasteiger partial charge in [-0.05, 0) is 43.2 Å². The lowest BCUT2D eigenvalue weighted by Crippen LogP contribution is -2.17. The standard InChI is InChI=1S/C20H23N7O2S/c1-13-7-8-17(14(2)9-13)23-18(28)12-30-20-26-25-19(27(20)21)24-22-11-15-5-4-6-16(10-15)29-3/h4-11H,12,21H2,1-3H3,(H,23,28)(H,24,25)/b22-11+. The Morgan fingerprint density at radius 3 is 2.87 bits per heavy atom. The van der Waals surface area contributed by atoms with E-state index in [9.17, 15) is 4.79 Å². The summed E-state index contributed by atoms with van der Waals surface area (Å²) in [4.78, 5) is 12.2. The first kappa shape index (κ1) is 21.2. The summed E-state index contributed by atoms with van der Waals surface area (Å²) in [5, 5.41) is 15.3. The highest BCUT2D eigenvalue weighted by molar-refractivity contribution is 7.99. The number of aryl methyl sites for hydroxylation is 2. The molecule has 0 atom stereocenters. The fourth-order valence-electron chi connectivity index (χ4n) is 2.61. The molecule has 156 valence electrons. The second-order valence-corrected chi connectivity index (χ2v) is 7.42. The van der Waals surface area contributed by atoms with Crippen molar-refractivity contribution in [1.29, 1.82) is 0 Å². The third-order valence-corrected chi connectivity index (χ3v) is 5.07. The van der Waals surface area contributed by atoms with Gasteiger partial charge in [-0.3, -0.25) is 4.79 Å². The van der Waals surface area contributed by atoms with Crippen molar-refractivity contribution in [1.82, 2.24) is 14.9 Å². The average molecular weight is 426 g/mol. The predicted octanol–water partition coefficient (Wildman–Crippen LogP) is 2.79. The fraction of sp³-hybridized carbons (Fsp3) is 0.200. The van der Waals surface area contributed by atoms with Gasteiger partial charge in [0.05, 0.1) is 19.1 Å². The highest BCUT2D eigenvalue weighted by Crippen LogP contribution is 2.19. The SMILES string of the molecule is COc1cccc(/C=N/Nc2nnc(SCC(=O)Nc3ccc(C)cc3C)n2N)c1. The molecule has 1 aromatic heterocycles. The molecular formula is C20H23N7O2S. The smallest absolute Gasteiger partial charge is 0.264 e. The zero-order valence-electron chi connectivity index (χ0n) is 16.9. The summed E-state index contributed by atoms with van der Waals surface area (Å²) in [6.07, 6.45) is 1.61. The quantitative estimate of drug-likeness (QED) is 0.220. The van der Waals surface area contributed by atoms with Crippen LogP contribution in [0.2, 0.25) is 0 Å². The Morgan fingerprint density at radius 2 is 2.10 bits per heavy atom. The Morgan fingerprint density at radius 1 is 1.27 bits per heavy atom. The Balaban J connectivity index is 1.54. The summed E-state index contributed by atoms with van der Waals surface area (Å²) < 4.78 is 6.42. The summed E-state index contributed by atoms with van der Waals surface area (Å²) in [6.45, 7) is 3.96. The van der Waals surface area contributed by atoms with E-state index < -0.39 is 0 Å². The second kappa shape index (κ2) is 9.79. The van der Waals surface area contributed by atoms with Crippen LogP contribution in [0.15, 0.2) is 52.7 Å². The number of nitrogens with one attached hydrogen (secondary N) is 2. The van der Waals surface area contributed by atoms with Gasteiger partial charge in [0.25, 0.3) is 5.95 Å². The van der Waals surface area contributed by atoms with Gasteiger partial charge in [-0.25, -0.2) is 10.1 Å². The van der Waals surface area contributed by atoms with Crippen molar-refractivity contribution in [2.45, 2.75) is 19.0 Å². The largest absolute Gasteiger partial charge is 0.497 e. The van der Waals surface area contributed by atoms with E-state index in [0.717, 1.165) is 28.1 Å². The molecule has 0 fully saturated rings. The maximum Gasteiger partial charge on any atom is 0.264 e. The van der Waals surface area contributed by atoms with E-state index in [1.165, 1.54) is 16.4 Å². The second-order valence-electron chi connectivity index (χ2n) is 6.48. The molecule has 1 amide bonds. The Bertz CT molecular complexity index is 1070. The summed E-state index contributed by atoms with van der Waals surface area (Å²) in [6, 6.07) is 13.3. The number of rotatable bonds is 8. The van der Waals surface area contributed by atoms with Gasteiger partial charge >= 0.3 is 0 Å². The number of anilines is 2. The molecule has 4 N–H and O–H groups in total. The first-order valence-electron chi connectivity index (χ1n) is 9.10. The van der Waals surface area contributed by atoms with Gasteiger partial charge in [0.1, 0.15) is 5.75 Å². The normalized spacial score (nSPS) is 10.9. The first-order chi connectivity index (χ1) is 14.5. The number of nitrogens with zero attached hydrogens (tertiary/aromatic N) is 4. The summed E-state index contributed by atoms with van der Waals surface area (Å²) in [5.74, 6) is 6.98. The summed E-state index contributed by atoms with van der Waals surface area (Å²) in [5.41, 5.74) is 6.53. The number of amides is 1. The third-order valence-electron chi connectivity index (χ3n) is 4.12. The molecule has 1 heterocycles. The van der Waals surface area contributed by atoms with Gasteiger partial charge in [-0.2, -0.15) is 5.10 Å². The zero-order valence-corrected chi connectivity index (χ0v) is 17.7. The van der Waals surface area contributed by atoms with Crippen molar-refractivity contribution < 1.29 is 9.53 Å². The minimum Gasteiger partial charge on any atom is -0.497 e. The minimum absolute atomic E-state index is 0.149. The minimum atomic E-state index is -0.152. The molecule has 0 bridgehead atoms. The maximum absolute atomic E-state index is 12.2. The van der Waals surface area contributed by atoms with E-state index in [2.05, 4.69) is 26.0 Å². The van der Waals surface area contributed by atoms with Gasteiger partial charge in [-0.15, -0.1) is 10.2 Å². The third kappa shape index (κ3) is 5.51. The lowest BCUT2D eigenvalue weighted by atomic mass is 10.1. The lowest BCUT2D eigenvalue weighted by Gasteiger charge is -2.08. The van der Waals surface area contributed by atoms with E-state index in [1.54, 1.807) is 13.3 Å².